The van der Waals surface area contributed by atoms with Crippen molar-refractivity contribution < 1.29 is 10.2 Å². The van der Waals surface area contributed by atoms with E-state index in [2.05, 4.69) is 0 Å². The molecule has 0 amide bonds. The van der Waals surface area contributed by atoms with Gasteiger partial charge in [-0.1, -0.05) is 42.5 Å². The maximum absolute atomic E-state index is 10.0. The van der Waals surface area contributed by atoms with Gasteiger partial charge in [0.15, 0.2) is 0 Å². The van der Waals surface area contributed by atoms with Crippen LogP contribution in [0.15, 0.2) is 42.5 Å². The van der Waals surface area contributed by atoms with Gasteiger partial charge in [-0.25, -0.2) is 0 Å². The predicted octanol–water partition coefficient (Wildman–Crippen LogP) is 1.33. The van der Waals surface area contributed by atoms with Crippen LogP contribution < -0.4 is 0 Å². The molecule has 0 bridgehead atoms. The van der Waals surface area contributed by atoms with Gasteiger partial charge in [0.1, 0.15) is 12.2 Å². The van der Waals surface area contributed by atoms with E-state index < -0.39 is 11.7 Å². The lowest BCUT2D eigenvalue weighted by Gasteiger charge is -2.24. The van der Waals surface area contributed by atoms with Gasteiger partial charge in [0.25, 0.3) is 0 Å². The van der Waals surface area contributed by atoms with E-state index in [1.165, 1.54) is 6.08 Å². The maximum atomic E-state index is 10.0. The van der Waals surface area contributed by atoms with Crippen molar-refractivity contribution in [2.24, 2.45) is 0 Å². The molecule has 0 aromatic heterocycles. The second-order valence-corrected chi connectivity index (χ2v) is 3.21. The largest absolute Gasteiger partial charge is 0.384 e. The molecule has 2 unspecified atom stereocenters. The van der Waals surface area contributed by atoms with E-state index in [9.17, 15) is 10.2 Å². The van der Waals surface area contributed by atoms with Gasteiger partial charge >= 0.3 is 0 Å². The summed E-state index contributed by atoms with van der Waals surface area (Å²) in [6.07, 6.45) is 1.75. The number of allylic oxidation sites excluding steroid dienone is 1. The number of hydrogen-bond acceptors (Lipinski definition) is 3. The molecule has 3 heteroatoms. The lowest BCUT2D eigenvalue weighted by Crippen LogP contribution is -2.36. The first-order valence-electron chi connectivity index (χ1n) is 4.65. The second kappa shape index (κ2) is 4.74. The van der Waals surface area contributed by atoms with Gasteiger partial charge in [0.2, 0.25) is 5.60 Å². The minimum atomic E-state index is -1.88. The summed E-state index contributed by atoms with van der Waals surface area (Å²) in [6, 6.07) is 10.1. The van der Waals surface area contributed by atoms with Gasteiger partial charge in [-0.3, -0.25) is 0 Å². The average Bonchev–Trinajstić information content (AvgIpc) is 2.29. The Bertz CT molecular complexity index is 380. The molecular weight excluding hydrogens is 190 g/mol. The number of hydrogen-bond donors (Lipinski definition) is 2. The molecule has 0 aliphatic carbocycles. The van der Waals surface area contributed by atoms with Gasteiger partial charge in [0, 0.05) is 5.56 Å². The first-order valence-corrected chi connectivity index (χ1v) is 4.65. The fourth-order valence-corrected chi connectivity index (χ4v) is 1.32. The molecule has 0 radical (unpaired) electrons. The number of nitriles is 1. The minimum absolute atomic E-state index is 0.387. The summed E-state index contributed by atoms with van der Waals surface area (Å²) in [5.74, 6) is 0. The second-order valence-electron chi connectivity index (χ2n) is 3.21. The smallest absolute Gasteiger partial charge is 0.206 e. The van der Waals surface area contributed by atoms with E-state index in [0.29, 0.717) is 5.56 Å². The molecule has 15 heavy (non-hydrogen) atoms. The van der Waals surface area contributed by atoms with Crippen LogP contribution in [0.5, 0.6) is 0 Å². The van der Waals surface area contributed by atoms with Crippen LogP contribution >= 0.6 is 0 Å². The number of aliphatic hydroxyl groups is 2. The highest BCUT2D eigenvalue weighted by Crippen LogP contribution is 2.24. The highest BCUT2D eigenvalue weighted by atomic mass is 16.3. The molecule has 0 fully saturated rings. The monoisotopic (exact) mass is 203 g/mol. The Hall–Kier alpha value is -1.63. The zero-order valence-corrected chi connectivity index (χ0v) is 8.46. The van der Waals surface area contributed by atoms with E-state index in [-0.39, 0.29) is 0 Å². The van der Waals surface area contributed by atoms with E-state index in [1.54, 1.807) is 49.4 Å². The molecule has 0 heterocycles. The van der Waals surface area contributed by atoms with Crippen LogP contribution in [0.4, 0.5) is 0 Å². The van der Waals surface area contributed by atoms with Crippen LogP contribution in [0.1, 0.15) is 12.5 Å². The molecule has 2 atom stereocenters. The predicted molar refractivity (Wildman–Crippen MR) is 56.8 cm³/mol. The van der Waals surface area contributed by atoms with Gasteiger partial charge in [-0.05, 0) is 6.92 Å². The Kier molecular flexibility index (Phi) is 3.62. The van der Waals surface area contributed by atoms with E-state index in [1.807, 2.05) is 0 Å². The number of nitrogens with zero attached hydrogens (tertiary/aromatic N) is 1. The van der Waals surface area contributed by atoms with Crippen molar-refractivity contribution >= 4 is 0 Å². The molecule has 1 rings (SSSR count). The molecule has 2 N–H and O–H groups in total. The quantitative estimate of drug-likeness (QED) is 0.575. The third-order valence-electron chi connectivity index (χ3n) is 2.19. The summed E-state index contributed by atoms with van der Waals surface area (Å²) in [5.41, 5.74) is -1.49. The van der Waals surface area contributed by atoms with Gasteiger partial charge < -0.3 is 10.2 Å². The molecule has 0 aliphatic heterocycles. The summed E-state index contributed by atoms with van der Waals surface area (Å²) in [7, 11) is 0. The number of aliphatic hydroxyl groups excluding tert-OH is 1. The Morgan fingerprint density at radius 2 is 2.00 bits per heavy atom. The summed E-state index contributed by atoms with van der Waals surface area (Å²) in [4.78, 5) is 0. The third kappa shape index (κ3) is 2.24. The zero-order valence-electron chi connectivity index (χ0n) is 8.46. The highest BCUT2D eigenvalue weighted by Gasteiger charge is 2.36. The van der Waals surface area contributed by atoms with Crippen molar-refractivity contribution in [1.29, 1.82) is 5.26 Å². The molecule has 0 spiro atoms. The highest BCUT2D eigenvalue weighted by molar-refractivity contribution is 5.31. The average molecular weight is 203 g/mol. The Labute approximate surface area is 88.9 Å². The number of rotatable bonds is 3. The molecule has 3 nitrogen and oxygen atoms in total. The first kappa shape index (κ1) is 11.4. The van der Waals surface area contributed by atoms with Crippen molar-refractivity contribution in [3.8, 4) is 6.07 Å². The normalized spacial score (nSPS) is 16.9. The van der Waals surface area contributed by atoms with E-state index >= 15 is 0 Å². The van der Waals surface area contributed by atoms with Crippen LogP contribution in [-0.4, -0.2) is 16.3 Å². The molecule has 78 valence electrons. The van der Waals surface area contributed by atoms with Gasteiger partial charge in [-0.2, -0.15) is 5.26 Å². The molecule has 0 saturated heterocycles. The third-order valence-corrected chi connectivity index (χ3v) is 2.19. The zero-order chi connectivity index (χ0) is 11.3. The van der Waals surface area contributed by atoms with E-state index in [0.717, 1.165) is 0 Å². The van der Waals surface area contributed by atoms with Crippen LogP contribution in [0, 0.1) is 11.3 Å². The van der Waals surface area contributed by atoms with Crippen molar-refractivity contribution in [3.05, 3.63) is 48.0 Å². The fraction of sp³-hybridized carbons (Fsp3) is 0.250. The SMILES string of the molecule is C/C=C/C(O)C(O)(C#N)c1ccccc1. The van der Waals surface area contributed by atoms with Crippen molar-refractivity contribution in [3.63, 3.8) is 0 Å². The molecule has 0 saturated carbocycles. The van der Waals surface area contributed by atoms with Crippen molar-refractivity contribution in [2.45, 2.75) is 18.6 Å². The summed E-state index contributed by atoms with van der Waals surface area (Å²) in [6.45, 7) is 1.71. The maximum Gasteiger partial charge on any atom is 0.206 e. The Morgan fingerprint density at radius 1 is 1.40 bits per heavy atom. The standard InChI is InChI=1S/C12H13NO2/c1-2-6-11(14)12(15,9-13)10-7-4-3-5-8-10/h2-8,11,14-15H,1H3/b6-2+. The van der Waals surface area contributed by atoms with Crippen LogP contribution in [0.3, 0.4) is 0 Å². The van der Waals surface area contributed by atoms with Crippen LogP contribution in [0.25, 0.3) is 0 Å². The summed E-state index contributed by atoms with van der Waals surface area (Å²) >= 11 is 0. The molecule has 0 aliphatic rings. The first-order chi connectivity index (χ1) is 7.15. The lowest BCUT2D eigenvalue weighted by atomic mass is 9.89. The molecule has 1 aromatic rings. The van der Waals surface area contributed by atoms with Crippen molar-refractivity contribution in [1.82, 2.24) is 0 Å². The fourth-order valence-electron chi connectivity index (χ4n) is 1.32. The van der Waals surface area contributed by atoms with Gasteiger partial charge in [0.05, 0.1) is 0 Å². The molecule has 1 aromatic carbocycles. The van der Waals surface area contributed by atoms with Crippen LogP contribution in [0.2, 0.25) is 0 Å². The Morgan fingerprint density at radius 3 is 2.47 bits per heavy atom. The lowest BCUT2D eigenvalue weighted by molar-refractivity contribution is -0.0116. The topological polar surface area (TPSA) is 64.2 Å². The van der Waals surface area contributed by atoms with Gasteiger partial charge in [-0.15, -0.1) is 0 Å². The summed E-state index contributed by atoms with van der Waals surface area (Å²) < 4.78 is 0. The molecular formula is C12H13NO2. The Balaban J connectivity index is 3.12. The van der Waals surface area contributed by atoms with E-state index in [4.69, 9.17) is 5.26 Å². The minimum Gasteiger partial charge on any atom is -0.384 e. The van der Waals surface area contributed by atoms with Crippen molar-refractivity contribution in [2.75, 3.05) is 0 Å². The number of benzene rings is 1. The summed E-state index contributed by atoms with van der Waals surface area (Å²) in [5, 5.41) is 28.6. The van der Waals surface area contributed by atoms with Crippen LogP contribution in [-0.2, 0) is 5.60 Å².